The van der Waals surface area contributed by atoms with E-state index in [2.05, 4.69) is 26.6 Å². The smallest absolute Gasteiger partial charge is 0.256 e. The van der Waals surface area contributed by atoms with Crippen LogP contribution in [0.4, 0.5) is 5.82 Å². The first kappa shape index (κ1) is 17.8. The van der Waals surface area contributed by atoms with Crippen LogP contribution in [0.25, 0.3) is 5.69 Å². The third kappa shape index (κ3) is 3.37. The first-order chi connectivity index (χ1) is 14.2. The number of hydrogen-bond acceptors (Lipinski definition) is 5. The molecule has 6 rings (SSSR count). The highest BCUT2D eigenvalue weighted by Gasteiger charge is 2.43. The fourth-order valence-electron chi connectivity index (χ4n) is 4.65. The lowest BCUT2D eigenvalue weighted by molar-refractivity contribution is 0.0281. The van der Waals surface area contributed by atoms with Crippen molar-refractivity contribution in [2.75, 3.05) is 11.9 Å². The number of nitrogens with zero attached hydrogens (tertiary/aromatic N) is 5. The van der Waals surface area contributed by atoms with Gasteiger partial charge in [0.1, 0.15) is 5.82 Å². The van der Waals surface area contributed by atoms with Crippen molar-refractivity contribution in [3.05, 3.63) is 66.1 Å². The molecule has 1 saturated carbocycles. The molecular weight excluding hydrogens is 364 g/mol. The number of piperidine rings is 2. The second kappa shape index (κ2) is 7.31. The lowest BCUT2D eigenvalue weighted by Crippen LogP contribution is -2.59. The largest absolute Gasteiger partial charge is 0.365 e. The van der Waals surface area contributed by atoms with E-state index in [1.165, 1.54) is 11.2 Å². The Bertz CT molecular complexity index is 1000. The van der Waals surface area contributed by atoms with Crippen molar-refractivity contribution in [3.63, 3.8) is 0 Å². The molecule has 0 spiro atoms. The lowest BCUT2D eigenvalue weighted by atomic mass is 9.76. The van der Waals surface area contributed by atoms with E-state index in [-0.39, 0.29) is 18.0 Å². The van der Waals surface area contributed by atoms with Crippen LogP contribution in [0.2, 0.25) is 0 Å². The van der Waals surface area contributed by atoms with Crippen molar-refractivity contribution in [2.24, 2.45) is 5.92 Å². The van der Waals surface area contributed by atoms with E-state index < -0.39 is 0 Å². The highest BCUT2D eigenvalue weighted by atomic mass is 16.2. The molecule has 2 bridgehead atoms. The van der Waals surface area contributed by atoms with Gasteiger partial charge in [-0.1, -0.05) is 18.2 Å². The van der Waals surface area contributed by atoms with Crippen LogP contribution in [0.3, 0.4) is 0 Å². The number of benzene rings is 1. The number of aryl methyl sites for hydroxylation is 1. The maximum atomic E-state index is 13.6. The second-order valence-electron chi connectivity index (χ2n) is 8.01. The van der Waals surface area contributed by atoms with Gasteiger partial charge in [-0.05, 0) is 55.9 Å². The molecule has 2 aliphatic heterocycles. The summed E-state index contributed by atoms with van der Waals surface area (Å²) in [6, 6.07) is 12.0. The quantitative estimate of drug-likeness (QED) is 0.743. The standard InChI is InChI=1S/C22H24N6O/c1-15-6-9-21(23-13-15)26-18-12-16-7-8-20(18)27(14-16)22(29)17-4-2-3-5-19(17)28-24-10-11-25-28/h2-6,9-11,13,16,18,20H,7-8,12,14H2,1H3,(H,23,26)/t16-,18-,20+/m1/s1. The molecule has 3 aromatic rings. The number of aromatic nitrogens is 4. The fourth-order valence-corrected chi connectivity index (χ4v) is 4.65. The molecule has 1 amide bonds. The number of fused-ring (bicyclic) bond motifs is 3. The van der Waals surface area contributed by atoms with Crippen LogP contribution in [-0.2, 0) is 0 Å². The number of amides is 1. The summed E-state index contributed by atoms with van der Waals surface area (Å²) in [5, 5.41) is 12.0. The Morgan fingerprint density at radius 3 is 2.69 bits per heavy atom. The second-order valence-corrected chi connectivity index (χ2v) is 8.01. The SMILES string of the molecule is Cc1ccc(N[C@@H]2C[C@H]3CC[C@@H]2N(C(=O)c2ccccc2-n2nccn2)C3)nc1. The van der Waals surface area contributed by atoms with Crippen LogP contribution in [0.1, 0.15) is 35.2 Å². The maximum Gasteiger partial charge on any atom is 0.256 e. The summed E-state index contributed by atoms with van der Waals surface area (Å²) in [6.45, 7) is 2.84. The minimum Gasteiger partial charge on any atom is -0.365 e. The normalized spacial score (nSPS) is 23.2. The van der Waals surface area contributed by atoms with E-state index in [0.29, 0.717) is 17.2 Å². The number of rotatable bonds is 4. The molecule has 1 N–H and O–H groups in total. The third-order valence-electron chi connectivity index (χ3n) is 6.05. The summed E-state index contributed by atoms with van der Waals surface area (Å²) < 4.78 is 0. The molecule has 1 aliphatic carbocycles. The molecule has 0 radical (unpaired) electrons. The van der Waals surface area contributed by atoms with Crippen molar-refractivity contribution in [2.45, 2.75) is 38.3 Å². The molecule has 148 valence electrons. The molecule has 0 unspecified atom stereocenters. The molecule has 3 aliphatic rings. The Balaban J connectivity index is 1.41. The van der Waals surface area contributed by atoms with Crippen LogP contribution in [-0.4, -0.2) is 49.4 Å². The van der Waals surface area contributed by atoms with Gasteiger partial charge in [-0.25, -0.2) is 4.98 Å². The fraction of sp³-hybridized carbons (Fsp3) is 0.364. The van der Waals surface area contributed by atoms with Crippen LogP contribution in [0, 0.1) is 12.8 Å². The van der Waals surface area contributed by atoms with Gasteiger partial charge in [0, 0.05) is 18.8 Å². The predicted molar refractivity (Wildman–Crippen MR) is 110 cm³/mol. The Kier molecular flexibility index (Phi) is 4.50. The number of carbonyl (C=O) groups is 1. The Morgan fingerprint density at radius 1 is 1.10 bits per heavy atom. The summed E-state index contributed by atoms with van der Waals surface area (Å²) in [5.41, 5.74) is 2.50. The number of anilines is 1. The Labute approximate surface area is 169 Å². The van der Waals surface area contributed by atoms with E-state index in [1.807, 2.05) is 48.4 Å². The first-order valence-corrected chi connectivity index (χ1v) is 10.1. The summed E-state index contributed by atoms with van der Waals surface area (Å²) in [4.78, 5) is 21.6. The minimum atomic E-state index is 0.0518. The zero-order valence-electron chi connectivity index (χ0n) is 16.4. The zero-order valence-corrected chi connectivity index (χ0v) is 16.4. The van der Waals surface area contributed by atoms with Gasteiger partial charge in [0.15, 0.2) is 0 Å². The van der Waals surface area contributed by atoms with E-state index in [1.54, 1.807) is 12.4 Å². The molecular formula is C22H24N6O. The van der Waals surface area contributed by atoms with E-state index in [0.717, 1.165) is 30.8 Å². The Hall–Kier alpha value is -3.22. The molecule has 2 saturated heterocycles. The van der Waals surface area contributed by atoms with Crippen molar-refractivity contribution < 1.29 is 4.79 Å². The average Bonchev–Trinajstić information content (AvgIpc) is 3.30. The van der Waals surface area contributed by atoms with Crippen LogP contribution < -0.4 is 5.32 Å². The topological polar surface area (TPSA) is 75.9 Å². The molecule has 7 nitrogen and oxygen atoms in total. The van der Waals surface area contributed by atoms with Gasteiger partial charge < -0.3 is 10.2 Å². The molecule has 29 heavy (non-hydrogen) atoms. The highest BCUT2D eigenvalue weighted by molar-refractivity contribution is 5.98. The summed E-state index contributed by atoms with van der Waals surface area (Å²) in [7, 11) is 0. The third-order valence-corrected chi connectivity index (χ3v) is 6.05. The number of pyridine rings is 1. The maximum absolute atomic E-state index is 13.6. The molecule has 3 fully saturated rings. The Morgan fingerprint density at radius 2 is 1.93 bits per heavy atom. The number of hydrogen-bond donors (Lipinski definition) is 1. The summed E-state index contributed by atoms with van der Waals surface area (Å²) >= 11 is 0. The molecule has 4 heterocycles. The number of carbonyl (C=O) groups excluding carboxylic acids is 1. The molecule has 2 aromatic heterocycles. The minimum absolute atomic E-state index is 0.0518. The highest BCUT2D eigenvalue weighted by Crippen LogP contribution is 2.37. The lowest BCUT2D eigenvalue weighted by Gasteiger charge is -2.50. The van der Waals surface area contributed by atoms with Gasteiger partial charge in [-0.15, -0.1) is 0 Å². The van der Waals surface area contributed by atoms with Gasteiger partial charge in [0.25, 0.3) is 5.91 Å². The zero-order chi connectivity index (χ0) is 19.8. The van der Waals surface area contributed by atoms with Crippen molar-refractivity contribution in [1.29, 1.82) is 0 Å². The van der Waals surface area contributed by atoms with Crippen LogP contribution in [0.5, 0.6) is 0 Å². The van der Waals surface area contributed by atoms with Gasteiger partial charge in [0.2, 0.25) is 0 Å². The van der Waals surface area contributed by atoms with Crippen molar-refractivity contribution >= 4 is 11.7 Å². The van der Waals surface area contributed by atoms with Gasteiger partial charge in [-0.3, -0.25) is 4.79 Å². The van der Waals surface area contributed by atoms with Gasteiger partial charge >= 0.3 is 0 Å². The summed E-state index contributed by atoms with van der Waals surface area (Å²) in [6.07, 6.45) is 8.39. The molecule has 7 heteroatoms. The van der Waals surface area contributed by atoms with E-state index >= 15 is 0 Å². The van der Waals surface area contributed by atoms with Crippen LogP contribution >= 0.6 is 0 Å². The number of nitrogens with one attached hydrogen (secondary N) is 1. The van der Waals surface area contributed by atoms with Crippen molar-refractivity contribution in [1.82, 2.24) is 24.9 Å². The van der Waals surface area contributed by atoms with E-state index in [9.17, 15) is 4.79 Å². The van der Waals surface area contributed by atoms with E-state index in [4.69, 9.17) is 0 Å². The molecule has 1 aromatic carbocycles. The monoisotopic (exact) mass is 388 g/mol. The van der Waals surface area contributed by atoms with Gasteiger partial charge in [0.05, 0.1) is 29.7 Å². The van der Waals surface area contributed by atoms with Crippen LogP contribution in [0.15, 0.2) is 55.0 Å². The molecule has 3 atom stereocenters. The summed E-state index contributed by atoms with van der Waals surface area (Å²) in [5.74, 6) is 1.44. The van der Waals surface area contributed by atoms with Gasteiger partial charge in [-0.2, -0.15) is 15.0 Å². The van der Waals surface area contributed by atoms with Crippen molar-refractivity contribution in [3.8, 4) is 5.69 Å². The average molecular weight is 388 g/mol. The number of para-hydroxylation sites is 1. The first-order valence-electron chi connectivity index (χ1n) is 10.1. The predicted octanol–water partition coefficient (Wildman–Crippen LogP) is 3.08.